The second-order valence-electron chi connectivity index (χ2n) is 5.45. The van der Waals surface area contributed by atoms with Gasteiger partial charge in [-0.15, -0.1) is 11.3 Å². The van der Waals surface area contributed by atoms with E-state index in [1.165, 1.54) is 0 Å². The second kappa shape index (κ2) is 6.78. The van der Waals surface area contributed by atoms with Gasteiger partial charge in [-0.05, 0) is 42.5 Å². The number of pyridine rings is 2. The number of benzene rings is 1. The van der Waals surface area contributed by atoms with Gasteiger partial charge in [-0.3, -0.25) is 14.8 Å². The third-order valence-electron chi connectivity index (χ3n) is 3.72. The Morgan fingerprint density at radius 2 is 2.04 bits per heavy atom. The molecule has 6 heteroatoms. The largest absolute Gasteiger partial charge is 0.346 e. The molecular weight excluding hydrogens is 332 g/mol. The molecule has 4 aromatic rings. The van der Waals surface area contributed by atoms with Crippen molar-refractivity contribution in [3.8, 4) is 10.6 Å². The minimum absolute atomic E-state index is 0.121. The molecule has 0 bridgehead atoms. The zero-order valence-electron chi connectivity index (χ0n) is 13.2. The van der Waals surface area contributed by atoms with Crippen molar-refractivity contribution in [1.29, 1.82) is 0 Å². The lowest BCUT2D eigenvalue weighted by Crippen LogP contribution is -2.23. The van der Waals surface area contributed by atoms with Gasteiger partial charge in [-0.1, -0.05) is 6.07 Å². The highest BCUT2D eigenvalue weighted by molar-refractivity contribution is 7.21. The molecule has 122 valence electrons. The zero-order valence-corrected chi connectivity index (χ0v) is 14.0. The van der Waals surface area contributed by atoms with Gasteiger partial charge in [0, 0.05) is 29.7 Å². The molecule has 0 aliphatic heterocycles. The van der Waals surface area contributed by atoms with Crippen LogP contribution in [0.5, 0.6) is 0 Å². The van der Waals surface area contributed by atoms with E-state index in [2.05, 4.69) is 20.3 Å². The molecule has 3 aromatic heterocycles. The number of fused-ring (bicyclic) bond motifs is 1. The molecule has 1 aromatic carbocycles. The van der Waals surface area contributed by atoms with E-state index in [9.17, 15) is 4.79 Å². The van der Waals surface area contributed by atoms with Gasteiger partial charge in [-0.2, -0.15) is 0 Å². The van der Waals surface area contributed by atoms with Gasteiger partial charge in [-0.25, -0.2) is 4.98 Å². The Labute approximate surface area is 148 Å². The lowest BCUT2D eigenvalue weighted by atomic mass is 10.2. The number of hydrogen-bond donors (Lipinski definition) is 1. The fourth-order valence-electron chi connectivity index (χ4n) is 2.45. The van der Waals surface area contributed by atoms with Gasteiger partial charge in [0.25, 0.3) is 5.91 Å². The average Bonchev–Trinajstić information content (AvgIpc) is 3.11. The smallest absolute Gasteiger partial charge is 0.251 e. The number of nitrogens with one attached hydrogen (secondary N) is 1. The van der Waals surface area contributed by atoms with Crippen molar-refractivity contribution >= 4 is 27.5 Å². The summed E-state index contributed by atoms with van der Waals surface area (Å²) in [6.45, 7) is 0.404. The molecule has 1 N–H and O–H groups in total. The predicted molar refractivity (Wildman–Crippen MR) is 98.3 cm³/mol. The molecule has 3 heterocycles. The van der Waals surface area contributed by atoms with E-state index in [-0.39, 0.29) is 5.91 Å². The number of carbonyl (C=O) groups excluding carboxylic acids is 1. The maximum absolute atomic E-state index is 12.4. The molecule has 0 aliphatic rings. The van der Waals surface area contributed by atoms with Crippen LogP contribution in [0.1, 0.15) is 16.1 Å². The number of amides is 1. The van der Waals surface area contributed by atoms with Gasteiger partial charge < -0.3 is 5.32 Å². The van der Waals surface area contributed by atoms with Crippen LogP contribution in [0.3, 0.4) is 0 Å². The molecule has 0 atom stereocenters. The fourth-order valence-corrected chi connectivity index (χ4v) is 3.45. The molecule has 1 amide bonds. The molecule has 0 aliphatic carbocycles. The highest BCUT2D eigenvalue weighted by Gasteiger charge is 2.10. The van der Waals surface area contributed by atoms with Crippen molar-refractivity contribution < 1.29 is 4.79 Å². The SMILES string of the molecule is O=C(NCc1ccccn1)c1ccc2nc(-c3cccnc3)sc2c1. The molecule has 0 radical (unpaired) electrons. The monoisotopic (exact) mass is 346 g/mol. The number of nitrogens with zero attached hydrogens (tertiary/aromatic N) is 3. The van der Waals surface area contributed by atoms with Crippen LogP contribution in [0.2, 0.25) is 0 Å². The van der Waals surface area contributed by atoms with E-state index in [4.69, 9.17) is 0 Å². The molecule has 25 heavy (non-hydrogen) atoms. The van der Waals surface area contributed by atoms with Crippen molar-refractivity contribution in [2.24, 2.45) is 0 Å². The van der Waals surface area contributed by atoms with Crippen molar-refractivity contribution in [2.75, 3.05) is 0 Å². The Hall–Kier alpha value is -3.12. The van der Waals surface area contributed by atoms with Crippen LogP contribution in [0, 0.1) is 0 Å². The summed E-state index contributed by atoms with van der Waals surface area (Å²) in [5, 5.41) is 3.79. The minimum atomic E-state index is -0.121. The van der Waals surface area contributed by atoms with Crippen LogP contribution in [0.25, 0.3) is 20.8 Å². The lowest BCUT2D eigenvalue weighted by molar-refractivity contribution is 0.0950. The third kappa shape index (κ3) is 3.39. The molecular formula is C19H14N4OS. The Morgan fingerprint density at radius 1 is 1.08 bits per heavy atom. The normalized spacial score (nSPS) is 10.7. The van der Waals surface area contributed by atoms with E-state index in [1.54, 1.807) is 36.0 Å². The summed E-state index contributed by atoms with van der Waals surface area (Å²) in [6.07, 6.45) is 5.24. The predicted octanol–water partition coefficient (Wildman–Crippen LogP) is 3.68. The number of aromatic nitrogens is 3. The summed E-state index contributed by atoms with van der Waals surface area (Å²) >= 11 is 1.55. The van der Waals surface area contributed by atoms with Crippen LogP contribution in [-0.4, -0.2) is 20.9 Å². The van der Waals surface area contributed by atoms with Gasteiger partial charge in [0.1, 0.15) is 5.01 Å². The molecule has 4 rings (SSSR count). The summed E-state index contributed by atoms with van der Waals surface area (Å²) in [6, 6.07) is 15.0. The fraction of sp³-hybridized carbons (Fsp3) is 0.0526. The van der Waals surface area contributed by atoms with E-state index in [0.717, 1.165) is 26.5 Å². The quantitative estimate of drug-likeness (QED) is 0.612. The summed E-state index contributed by atoms with van der Waals surface area (Å²) in [7, 11) is 0. The number of rotatable bonds is 4. The summed E-state index contributed by atoms with van der Waals surface area (Å²) < 4.78 is 0.976. The maximum Gasteiger partial charge on any atom is 0.251 e. The highest BCUT2D eigenvalue weighted by Crippen LogP contribution is 2.30. The number of carbonyl (C=O) groups is 1. The lowest BCUT2D eigenvalue weighted by Gasteiger charge is -2.04. The van der Waals surface area contributed by atoms with Crippen LogP contribution in [0.15, 0.2) is 67.1 Å². The first-order valence-electron chi connectivity index (χ1n) is 7.79. The van der Waals surface area contributed by atoms with Crippen LogP contribution in [-0.2, 0) is 6.54 Å². The first-order valence-corrected chi connectivity index (χ1v) is 8.60. The minimum Gasteiger partial charge on any atom is -0.346 e. The van der Waals surface area contributed by atoms with Gasteiger partial charge in [0.15, 0.2) is 0 Å². The topological polar surface area (TPSA) is 67.8 Å². The summed E-state index contributed by atoms with van der Waals surface area (Å²) in [5.41, 5.74) is 3.30. The Bertz CT molecular complexity index is 1020. The second-order valence-corrected chi connectivity index (χ2v) is 6.48. The molecule has 0 unspecified atom stereocenters. The van der Waals surface area contributed by atoms with Crippen LogP contribution < -0.4 is 5.32 Å². The Morgan fingerprint density at radius 3 is 2.84 bits per heavy atom. The number of hydrogen-bond acceptors (Lipinski definition) is 5. The third-order valence-corrected chi connectivity index (χ3v) is 4.78. The van der Waals surface area contributed by atoms with Gasteiger partial charge >= 0.3 is 0 Å². The van der Waals surface area contributed by atoms with E-state index < -0.39 is 0 Å². The van der Waals surface area contributed by atoms with Crippen LogP contribution in [0.4, 0.5) is 0 Å². The average molecular weight is 346 g/mol. The zero-order chi connectivity index (χ0) is 17.1. The van der Waals surface area contributed by atoms with Gasteiger partial charge in [0.05, 0.1) is 22.5 Å². The van der Waals surface area contributed by atoms with E-state index in [0.29, 0.717) is 12.1 Å². The van der Waals surface area contributed by atoms with Crippen molar-refractivity contribution in [1.82, 2.24) is 20.3 Å². The standard InChI is InChI=1S/C19H14N4OS/c24-18(22-12-15-5-1-2-9-21-15)13-6-7-16-17(10-13)25-19(23-16)14-4-3-8-20-11-14/h1-11H,12H2,(H,22,24). The number of thiazole rings is 1. The first kappa shape index (κ1) is 15.4. The van der Waals surface area contributed by atoms with Crippen molar-refractivity contribution in [2.45, 2.75) is 6.54 Å². The summed E-state index contributed by atoms with van der Waals surface area (Å²) in [4.78, 5) is 25.3. The molecule has 0 saturated carbocycles. The van der Waals surface area contributed by atoms with Crippen molar-refractivity contribution in [3.05, 3.63) is 78.4 Å². The Balaban J connectivity index is 1.55. The maximum atomic E-state index is 12.4. The Kier molecular flexibility index (Phi) is 4.18. The first-order chi connectivity index (χ1) is 12.3. The molecule has 0 saturated heterocycles. The van der Waals surface area contributed by atoms with Crippen LogP contribution >= 0.6 is 11.3 Å². The highest BCUT2D eigenvalue weighted by atomic mass is 32.1. The summed E-state index contributed by atoms with van der Waals surface area (Å²) in [5.74, 6) is -0.121. The van der Waals surface area contributed by atoms with Crippen molar-refractivity contribution in [3.63, 3.8) is 0 Å². The van der Waals surface area contributed by atoms with Gasteiger partial charge in [0.2, 0.25) is 0 Å². The molecule has 5 nitrogen and oxygen atoms in total. The van der Waals surface area contributed by atoms with E-state index >= 15 is 0 Å². The molecule has 0 spiro atoms. The molecule has 0 fully saturated rings. The van der Waals surface area contributed by atoms with E-state index in [1.807, 2.05) is 42.5 Å².